The second-order valence-corrected chi connectivity index (χ2v) is 9.34. The van der Waals surface area contributed by atoms with E-state index >= 15 is 0 Å². The molecule has 82 valence electrons. The van der Waals surface area contributed by atoms with Crippen molar-refractivity contribution in [1.82, 2.24) is 4.98 Å². The molecule has 0 aromatic carbocycles. The largest absolute Gasteiger partial charge is 0.265 e. The van der Waals surface area contributed by atoms with Crippen LogP contribution in [0.2, 0.25) is 18.1 Å². The smallest absolute Gasteiger partial charge is 0.0859 e. The summed E-state index contributed by atoms with van der Waals surface area (Å²) in [5.41, 5.74) is 1.29. The fourth-order valence-electron chi connectivity index (χ4n) is 2.25. The molecule has 0 atom stereocenters. The lowest BCUT2D eigenvalue weighted by Gasteiger charge is -2.30. The van der Waals surface area contributed by atoms with Gasteiger partial charge in [-0.05, 0) is 17.7 Å². The quantitative estimate of drug-likeness (QED) is 0.678. The maximum Gasteiger partial charge on any atom is 0.0859 e. The summed E-state index contributed by atoms with van der Waals surface area (Å²) in [7, 11) is -1.28. The van der Waals surface area contributed by atoms with Crippen LogP contribution in [0.3, 0.4) is 0 Å². The van der Waals surface area contributed by atoms with E-state index in [1.54, 1.807) is 0 Å². The van der Waals surface area contributed by atoms with Gasteiger partial charge in [-0.15, -0.1) is 0 Å². The minimum atomic E-state index is -1.28. The zero-order valence-electron chi connectivity index (χ0n) is 10.1. The number of pyridine rings is 1. The van der Waals surface area contributed by atoms with Crippen LogP contribution >= 0.6 is 0 Å². The van der Waals surface area contributed by atoms with Crippen LogP contribution in [0.5, 0.6) is 0 Å². The summed E-state index contributed by atoms with van der Waals surface area (Å²) < 4.78 is 0. The van der Waals surface area contributed by atoms with Gasteiger partial charge >= 0.3 is 0 Å². The minimum absolute atomic E-state index is 1.28. The van der Waals surface area contributed by atoms with Crippen LogP contribution in [-0.2, 0) is 0 Å². The summed E-state index contributed by atoms with van der Waals surface area (Å²) in [6.45, 7) is 11.3. The number of hydrogen-bond donors (Lipinski definition) is 0. The van der Waals surface area contributed by atoms with E-state index in [9.17, 15) is 0 Å². The molecule has 0 aliphatic rings. The third kappa shape index (κ3) is 2.37. The predicted molar refractivity (Wildman–Crippen MR) is 70.5 cm³/mol. The fourth-order valence-corrected chi connectivity index (χ4v) is 5.81. The predicted octanol–water partition coefficient (Wildman–Crippen LogP) is 4.14. The second-order valence-electron chi connectivity index (χ2n) is 4.06. The van der Waals surface area contributed by atoms with Crippen LogP contribution in [0.15, 0.2) is 31.1 Å². The SMILES string of the molecule is C=C(c1ccncc1)[Si](CC)(CC)CC. The minimum Gasteiger partial charge on any atom is -0.265 e. The van der Waals surface area contributed by atoms with Gasteiger partial charge in [-0.1, -0.05) is 50.7 Å². The summed E-state index contributed by atoms with van der Waals surface area (Å²) in [4.78, 5) is 4.06. The van der Waals surface area contributed by atoms with Gasteiger partial charge in [-0.25, -0.2) is 0 Å². The Labute approximate surface area is 94.3 Å². The van der Waals surface area contributed by atoms with E-state index in [-0.39, 0.29) is 0 Å². The van der Waals surface area contributed by atoms with Gasteiger partial charge in [0, 0.05) is 12.4 Å². The molecule has 1 heterocycles. The Morgan fingerprint density at radius 1 is 1.13 bits per heavy atom. The highest BCUT2D eigenvalue weighted by molar-refractivity contribution is 6.96. The van der Waals surface area contributed by atoms with E-state index in [2.05, 4.69) is 44.5 Å². The van der Waals surface area contributed by atoms with E-state index in [1.165, 1.54) is 28.9 Å². The van der Waals surface area contributed by atoms with Crippen molar-refractivity contribution in [2.24, 2.45) is 0 Å². The monoisotopic (exact) mass is 219 g/mol. The van der Waals surface area contributed by atoms with Gasteiger partial charge in [0.05, 0.1) is 8.07 Å². The fraction of sp³-hybridized carbons (Fsp3) is 0.462. The molecule has 0 amide bonds. The van der Waals surface area contributed by atoms with E-state index in [4.69, 9.17) is 0 Å². The molecule has 1 aromatic rings. The molecular formula is C13H21NSi. The topological polar surface area (TPSA) is 12.9 Å². The summed E-state index contributed by atoms with van der Waals surface area (Å²) in [6.07, 6.45) is 3.72. The molecule has 0 aliphatic heterocycles. The molecule has 0 unspecified atom stereocenters. The van der Waals surface area contributed by atoms with E-state index in [0.717, 1.165) is 0 Å². The van der Waals surface area contributed by atoms with E-state index < -0.39 is 8.07 Å². The molecule has 1 nitrogen and oxygen atoms in total. The molecular weight excluding hydrogens is 198 g/mol. The lowest BCUT2D eigenvalue weighted by atomic mass is 10.3. The lowest BCUT2D eigenvalue weighted by Crippen LogP contribution is -2.33. The first-order chi connectivity index (χ1) is 7.20. The van der Waals surface area contributed by atoms with E-state index in [0.29, 0.717) is 0 Å². The van der Waals surface area contributed by atoms with Crippen LogP contribution < -0.4 is 0 Å². The Morgan fingerprint density at radius 3 is 2.00 bits per heavy atom. The molecule has 0 N–H and O–H groups in total. The van der Waals surface area contributed by atoms with Crippen molar-refractivity contribution in [2.45, 2.75) is 38.9 Å². The molecule has 0 bridgehead atoms. The molecule has 0 saturated carbocycles. The van der Waals surface area contributed by atoms with Gasteiger partial charge in [-0.3, -0.25) is 4.98 Å². The van der Waals surface area contributed by atoms with Gasteiger partial charge in [0.25, 0.3) is 0 Å². The summed E-state index contributed by atoms with van der Waals surface area (Å²) in [5.74, 6) is 0. The van der Waals surface area contributed by atoms with Crippen molar-refractivity contribution in [1.29, 1.82) is 0 Å². The van der Waals surface area contributed by atoms with Gasteiger partial charge in [0.15, 0.2) is 0 Å². The molecule has 2 heteroatoms. The van der Waals surface area contributed by atoms with Crippen LogP contribution in [0.25, 0.3) is 5.20 Å². The zero-order valence-corrected chi connectivity index (χ0v) is 11.1. The highest BCUT2D eigenvalue weighted by Gasteiger charge is 2.30. The second kappa shape index (κ2) is 5.26. The van der Waals surface area contributed by atoms with Crippen molar-refractivity contribution in [2.75, 3.05) is 0 Å². The van der Waals surface area contributed by atoms with Gasteiger partial charge in [0.1, 0.15) is 0 Å². The van der Waals surface area contributed by atoms with Crippen LogP contribution in [0.1, 0.15) is 26.3 Å². The molecule has 1 rings (SSSR count). The van der Waals surface area contributed by atoms with Gasteiger partial charge in [-0.2, -0.15) is 0 Å². The average Bonchev–Trinajstić information content (AvgIpc) is 2.33. The first-order valence-corrected chi connectivity index (χ1v) is 8.42. The first kappa shape index (κ1) is 12.2. The van der Waals surface area contributed by atoms with Crippen molar-refractivity contribution in [3.63, 3.8) is 0 Å². The maximum absolute atomic E-state index is 4.34. The third-order valence-corrected chi connectivity index (χ3v) is 9.33. The number of hydrogen-bond acceptors (Lipinski definition) is 1. The average molecular weight is 219 g/mol. The summed E-state index contributed by atoms with van der Waals surface area (Å²) in [5, 5.41) is 1.40. The highest BCUT2D eigenvalue weighted by Crippen LogP contribution is 2.33. The van der Waals surface area contributed by atoms with Crippen LogP contribution in [0.4, 0.5) is 0 Å². The molecule has 15 heavy (non-hydrogen) atoms. The molecule has 0 saturated heterocycles. The molecule has 0 spiro atoms. The Bertz CT molecular complexity index is 306. The standard InChI is InChI=1S/C13H21NSi/c1-5-15(6-2,7-3)12(4)13-8-10-14-11-9-13/h8-11H,4-7H2,1-3H3. The number of nitrogens with zero attached hydrogens (tertiary/aromatic N) is 1. The van der Waals surface area contributed by atoms with Gasteiger partial charge < -0.3 is 0 Å². The van der Waals surface area contributed by atoms with Crippen LogP contribution in [0, 0.1) is 0 Å². The Balaban J connectivity index is 3.01. The van der Waals surface area contributed by atoms with Crippen molar-refractivity contribution in [3.05, 3.63) is 36.7 Å². The molecule has 0 aliphatic carbocycles. The molecule has 0 fully saturated rings. The normalized spacial score (nSPS) is 11.4. The number of rotatable bonds is 5. The number of aromatic nitrogens is 1. The third-order valence-electron chi connectivity index (χ3n) is 3.70. The Hall–Kier alpha value is -0.893. The first-order valence-electron chi connectivity index (χ1n) is 5.80. The highest BCUT2D eigenvalue weighted by atomic mass is 28.3. The van der Waals surface area contributed by atoms with Crippen molar-refractivity contribution >= 4 is 13.3 Å². The Kier molecular flexibility index (Phi) is 4.27. The van der Waals surface area contributed by atoms with Crippen LogP contribution in [-0.4, -0.2) is 13.1 Å². The van der Waals surface area contributed by atoms with Crippen molar-refractivity contribution in [3.8, 4) is 0 Å². The maximum atomic E-state index is 4.34. The lowest BCUT2D eigenvalue weighted by molar-refractivity contribution is 1.20. The molecule has 0 radical (unpaired) electrons. The Morgan fingerprint density at radius 2 is 1.60 bits per heavy atom. The summed E-state index contributed by atoms with van der Waals surface area (Å²) in [6, 6.07) is 8.06. The summed E-state index contributed by atoms with van der Waals surface area (Å²) >= 11 is 0. The zero-order chi connectivity index (χ0) is 11.3. The van der Waals surface area contributed by atoms with Crippen molar-refractivity contribution < 1.29 is 0 Å². The van der Waals surface area contributed by atoms with E-state index in [1.807, 2.05) is 12.4 Å². The van der Waals surface area contributed by atoms with Gasteiger partial charge in [0.2, 0.25) is 0 Å². The molecule has 1 aromatic heterocycles.